The van der Waals surface area contributed by atoms with Crippen molar-refractivity contribution in [2.24, 2.45) is 15.6 Å². The second kappa shape index (κ2) is 8.04. The Bertz CT molecular complexity index is 386. The van der Waals surface area contributed by atoms with E-state index in [2.05, 4.69) is 20.1 Å². The molecule has 2 aliphatic rings. The van der Waals surface area contributed by atoms with Gasteiger partial charge in [-0.15, -0.1) is 0 Å². The molecule has 10 nitrogen and oxygen atoms in total. The van der Waals surface area contributed by atoms with Crippen LogP contribution in [-0.2, 0) is 18.9 Å². The summed E-state index contributed by atoms with van der Waals surface area (Å²) in [5.41, 5.74) is 16.4. The third kappa shape index (κ3) is 6.17. The highest BCUT2D eigenvalue weighted by Crippen LogP contribution is 2.23. The first kappa shape index (κ1) is 15.8. The molecule has 116 valence electrons. The van der Waals surface area contributed by atoms with Crippen molar-refractivity contribution in [3.05, 3.63) is 20.9 Å². The maximum Gasteiger partial charge on any atom is 0.104 e. The summed E-state index contributed by atoms with van der Waals surface area (Å²) in [7, 11) is 0. The lowest BCUT2D eigenvalue weighted by molar-refractivity contribution is -0.0195. The number of hydrogen-bond donors (Lipinski definition) is 0. The lowest BCUT2D eigenvalue weighted by Crippen LogP contribution is -2.39. The quantitative estimate of drug-likeness (QED) is 0.232. The van der Waals surface area contributed by atoms with Crippen LogP contribution in [0.25, 0.3) is 20.9 Å². The highest BCUT2D eigenvalue weighted by atomic mass is 16.6. The zero-order valence-electron chi connectivity index (χ0n) is 11.6. The summed E-state index contributed by atoms with van der Waals surface area (Å²) >= 11 is 0. The summed E-state index contributed by atoms with van der Waals surface area (Å²) in [5.74, 6) is 0. The molecule has 0 aromatic rings. The van der Waals surface area contributed by atoms with Crippen molar-refractivity contribution in [2.75, 3.05) is 52.7 Å². The zero-order chi connectivity index (χ0) is 15.0. The first-order chi connectivity index (χ1) is 10.3. The first-order valence-electron chi connectivity index (χ1n) is 6.68. The van der Waals surface area contributed by atoms with Gasteiger partial charge in [-0.3, -0.25) is 0 Å². The number of rotatable bonds is 12. The fraction of sp³-hybridized carbons (Fsp3) is 1.00. The highest BCUT2D eigenvalue weighted by molar-refractivity contribution is 4.85. The van der Waals surface area contributed by atoms with Crippen LogP contribution in [0, 0.1) is 5.41 Å². The van der Waals surface area contributed by atoms with Crippen LogP contribution >= 0.6 is 0 Å². The molecule has 0 spiro atoms. The smallest absolute Gasteiger partial charge is 0.104 e. The van der Waals surface area contributed by atoms with Gasteiger partial charge >= 0.3 is 0 Å². The number of azide groups is 2. The molecule has 0 aromatic heterocycles. The molecule has 0 aromatic carbocycles. The van der Waals surface area contributed by atoms with Crippen LogP contribution in [0.4, 0.5) is 0 Å². The van der Waals surface area contributed by atoms with Crippen LogP contribution < -0.4 is 0 Å². The monoisotopic (exact) mass is 298 g/mol. The molecule has 2 atom stereocenters. The van der Waals surface area contributed by atoms with Gasteiger partial charge < -0.3 is 18.9 Å². The van der Waals surface area contributed by atoms with Gasteiger partial charge in [0.25, 0.3) is 0 Å². The van der Waals surface area contributed by atoms with Crippen LogP contribution in [0.5, 0.6) is 0 Å². The van der Waals surface area contributed by atoms with Crippen molar-refractivity contribution in [1.82, 2.24) is 0 Å². The average molecular weight is 298 g/mol. The Labute approximate surface area is 121 Å². The molecule has 2 aliphatic heterocycles. The summed E-state index contributed by atoms with van der Waals surface area (Å²) in [4.78, 5) is 5.54. The number of ether oxygens (including phenoxy) is 4. The fourth-order valence-corrected chi connectivity index (χ4v) is 1.78. The van der Waals surface area contributed by atoms with E-state index in [-0.39, 0.29) is 38.5 Å². The van der Waals surface area contributed by atoms with E-state index in [1.165, 1.54) is 0 Å². The van der Waals surface area contributed by atoms with Crippen LogP contribution in [0.15, 0.2) is 10.2 Å². The van der Waals surface area contributed by atoms with Gasteiger partial charge in [0.1, 0.15) is 12.2 Å². The summed E-state index contributed by atoms with van der Waals surface area (Å²) in [6, 6.07) is 0. The van der Waals surface area contributed by atoms with Crippen molar-refractivity contribution in [3.63, 3.8) is 0 Å². The molecule has 2 saturated heterocycles. The molecule has 2 heterocycles. The van der Waals surface area contributed by atoms with E-state index in [4.69, 9.17) is 30.0 Å². The molecule has 0 bridgehead atoms. The Hall–Kier alpha value is -1.54. The van der Waals surface area contributed by atoms with Gasteiger partial charge in [-0.05, 0) is 11.1 Å². The molecule has 0 N–H and O–H groups in total. The van der Waals surface area contributed by atoms with Gasteiger partial charge in [0.2, 0.25) is 0 Å². The van der Waals surface area contributed by atoms with E-state index < -0.39 is 5.41 Å². The van der Waals surface area contributed by atoms with Crippen molar-refractivity contribution in [2.45, 2.75) is 12.2 Å². The van der Waals surface area contributed by atoms with Gasteiger partial charge in [0.05, 0.1) is 39.6 Å². The van der Waals surface area contributed by atoms with Gasteiger partial charge in [-0.2, -0.15) is 0 Å². The summed E-state index contributed by atoms with van der Waals surface area (Å²) in [6.07, 6.45) is 0.282. The molecule has 2 fully saturated rings. The molecule has 21 heavy (non-hydrogen) atoms. The molecule has 0 saturated carbocycles. The predicted molar refractivity (Wildman–Crippen MR) is 71.6 cm³/mol. The minimum atomic E-state index is -0.664. The molecular formula is C11H18N6O4. The first-order valence-corrected chi connectivity index (χ1v) is 6.68. The van der Waals surface area contributed by atoms with Gasteiger partial charge in [0.15, 0.2) is 0 Å². The molecule has 2 rings (SSSR count). The summed E-state index contributed by atoms with van der Waals surface area (Å²) in [6.45, 7) is 3.18. The third-order valence-electron chi connectivity index (χ3n) is 3.17. The zero-order valence-corrected chi connectivity index (χ0v) is 11.6. The SMILES string of the molecule is [N-]=[N+]=NCC(CN=[N+]=[N-])(COCC1CO1)COCC1CO1. The minimum Gasteiger partial charge on any atom is -0.378 e. The Balaban J connectivity index is 1.89. The van der Waals surface area contributed by atoms with E-state index in [1.54, 1.807) is 0 Å². The van der Waals surface area contributed by atoms with Gasteiger partial charge in [0, 0.05) is 28.3 Å². The standard InChI is InChI=1S/C11H18N6O4/c12-16-14-5-11(6-15-17-13,7-18-1-9-3-20-9)8-19-2-10-4-21-10/h9-10H,1-8H2. The topological polar surface area (TPSA) is 141 Å². The third-order valence-corrected chi connectivity index (χ3v) is 3.17. The van der Waals surface area contributed by atoms with Gasteiger partial charge in [-0.25, -0.2) is 0 Å². The Morgan fingerprint density at radius 3 is 1.71 bits per heavy atom. The molecule has 0 radical (unpaired) electrons. The van der Waals surface area contributed by atoms with Crippen LogP contribution in [0.2, 0.25) is 0 Å². The van der Waals surface area contributed by atoms with Gasteiger partial charge in [-0.1, -0.05) is 10.2 Å². The fourth-order valence-electron chi connectivity index (χ4n) is 1.78. The lowest BCUT2D eigenvalue weighted by Gasteiger charge is -2.30. The van der Waals surface area contributed by atoms with Crippen molar-refractivity contribution in [1.29, 1.82) is 0 Å². The lowest BCUT2D eigenvalue weighted by atomic mass is 9.90. The van der Waals surface area contributed by atoms with E-state index in [0.717, 1.165) is 0 Å². The largest absolute Gasteiger partial charge is 0.378 e. The van der Waals surface area contributed by atoms with E-state index in [1.807, 2.05) is 0 Å². The van der Waals surface area contributed by atoms with Crippen molar-refractivity contribution < 1.29 is 18.9 Å². The van der Waals surface area contributed by atoms with Crippen LogP contribution in [0.1, 0.15) is 0 Å². The molecular weight excluding hydrogens is 280 g/mol. The Morgan fingerprint density at radius 1 is 0.952 bits per heavy atom. The Kier molecular flexibility index (Phi) is 6.06. The van der Waals surface area contributed by atoms with Crippen LogP contribution in [0.3, 0.4) is 0 Å². The Morgan fingerprint density at radius 2 is 1.38 bits per heavy atom. The molecule has 10 heteroatoms. The molecule has 2 unspecified atom stereocenters. The van der Waals surface area contributed by atoms with E-state index >= 15 is 0 Å². The van der Waals surface area contributed by atoms with E-state index in [9.17, 15) is 0 Å². The second-order valence-corrected chi connectivity index (χ2v) is 5.22. The van der Waals surface area contributed by atoms with Crippen molar-refractivity contribution >= 4 is 0 Å². The number of nitrogens with zero attached hydrogens (tertiary/aromatic N) is 6. The maximum atomic E-state index is 8.54. The van der Waals surface area contributed by atoms with Crippen LogP contribution in [-0.4, -0.2) is 64.9 Å². The summed E-state index contributed by atoms with van der Waals surface area (Å²) < 4.78 is 21.3. The summed E-state index contributed by atoms with van der Waals surface area (Å²) in [5, 5.41) is 7.20. The van der Waals surface area contributed by atoms with E-state index in [0.29, 0.717) is 26.4 Å². The average Bonchev–Trinajstić information content (AvgIpc) is 3.37. The normalized spacial score (nSPS) is 25.3. The minimum absolute atomic E-state index is 0.138. The predicted octanol–water partition coefficient (Wildman–Crippen LogP) is 1.42. The van der Waals surface area contributed by atoms with Crippen molar-refractivity contribution in [3.8, 4) is 0 Å². The highest BCUT2D eigenvalue weighted by Gasteiger charge is 2.33. The molecule has 0 amide bonds. The second-order valence-electron chi connectivity index (χ2n) is 5.22. The molecule has 0 aliphatic carbocycles. The number of epoxide rings is 2. The maximum absolute atomic E-state index is 8.54. The number of hydrogen-bond acceptors (Lipinski definition) is 6.